The van der Waals surface area contributed by atoms with Crippen LogP contribution in [-0.4, -0.2) is 34.7 Å². The fraction of sp³-hybridized carbons (Fsp3) is 0.462. The first kappa shape index (κ1) is 26.0. The lowest BCUT2D eigenvalue weighted by Gasteiger charge is -2.22. The molecular formula is C26H32ClNO6. The van der Waals surface area contributed by atoms with E-state index in [1.807, 2.05) is 24.3 Å². The maximum Gasteiger partial charge on any atom is 0.372 e. The monoisotopic (exact) mass is 489 g/mol. The second-order valence-electron chi connectivity index (χ2n) is 8.80. The first-order chi connectivity index (χ1) is 16.3. The van der Waals surface area contributed by atoms with Crippen LogP contribution < -0.4 is 10.2 Å². The van der Waals surface area contributed by atoms with E-state index in [9.17, 15) is 19.8 Å². The summed E-state index contributed by atoms with van der Waals surface area (Å²) in [6.07, 6.45) is 2.60. The van der Waals surface area contributed by atoms with Gasteiger partial charge in [-0.05, 0) is 73.4 Å². The number of aliphatic carboxylic acids is 1. The summed E-state index contributed by atoms with van der Waals surface area (Å²) in [5.74, 6) is -1.41. The minimum Gasteiger partial charge on any atom is -0.480 e. The molecule has 2 aromatic rings. The van der Waals surface area contributed by atoms with Gasteiger partial charge in [0.1, 0.15) is 0 Å². The third kappa shape index (κ3) is 6.09. The second kappa shape index (κ2) is 11.7. The minimum atomic E-state index is -1.61. The van der Waals surface area contributed by atoms with Crippen molar-refractivity contribution in [1.82, 2.24) is 5.32 Å². The predicted molar refractivity (Wildman–Crippen MR) is 129 cm³/mol. The molecule has 184 valence electrons. The van der Waals surface area contributed by atoms with Crippen LogP contribution in [0.25, 0.3) is 0 Å². The van der Waals surface area contributed by atoms with Crippen molar-refractivity contribution in [1.29, 1.82) is 0 Å². The van der Waals surface area contributed by atoms with Gasteiger partial charge in [-0.3, -0.25) is 9.68 Å². The quantitative estimate of drug-likeness (QED) is 0.231. The van der Waals surface area contributed by atoms with Crippen LogP contribution in [0.5, 0.6) is 5.75 Å². The molecule has 0 radical (unpaired) electrons. The van der Waals surface area contributed by atoms with Crippen molar-refractivity contribution >= 4 is 23.5 Å². The third-order valence-corrected chi connectivity index (χ3v) is 7.07. The van der Waals surface area contributed by atoms with Gasteiger partial charge in [-0.15, -0.1) is 0 Å². The molecule has 3 N–H and O–H groups in total. The van der Waals surface area contributed by atoms with Gasteiger partial charge in [-0.2, -0.15) is 0 Å². The Balaban J connectivity index is 1.49. The number of carboxylic acid groups (broad SMARTS) is 1. The van der Waals surface area contributed by atoms with E-state index >= 15 is 0 Å². The maximum absolute atomic E-state index is 12.3. The van der Waals surface area contributed by atoms with Gasteiger partial charge in [0.2, 0.25) is 0 Å². The van der Waals surface area contributed by atoms with Gasteiger partial charge in [0.15, 0.2) is 11.2 Å². The number of halogens is 1. The molecule has 0 heterocycles. The topological polar surface area (TPSA) is 105 Å². The number of benzene rings is 2. The van der Waals surface area contributed by atoms with E-state index in [2.05, 4.69) is 5.32 Å². The smallest absolute Gasteiger partial charge is 0.372 e. The number of carbonyl (C=O) groups is 2. The van der Waals surface area contributed by atoms with E-state index in [1.54, 1.807) is 38.1 Å². The average molecular weight is 490 g/mol. The highest BCUT2D eigenvalue weighted by Gasteiger charge is 2.46. The van der Waals surface area contributed by atoms with Crippen LogP contribution in [0.3, 0.4) is 0 Å². The van der Waals surface area contributed by atoms with Crippen LogP contribution in [0.4, 0.5) is 0 Å². The summed E-state index contributed by atoms with van der Waals surface area (Å²) < 4.78 is 0. The summed E-state index contributed by atoms with van der Waals surface area (Å²) in [6, 6.07) is 14.9. The number of nitrogens with one attached hydrogen (secondary N) is 1. The van der Waals surface area contributed by atoms with E-state index in [-0.39, 0.29) is 12.8 Å². The normalized spacial score (nSPS) is 18.9. The number of hydrogen-bond acceptors (Lipinski definition) is 6. The summed E-state index contributed by atoms with van der Waals surface area (Å²) in [5.41, 5.74) is 0.344. The molecule has 1 fully saturated rings. The highest BCUT2D eigenvalue weighted by Crippen LogP contribution is 2.35. The summed E-state index contributed by atoms with van der Waals surface area (Å²) >= 11 is 6.01. The largest absolute Gasteiger partial charge is 0.480 e. The van der Waals surface area contributed by atoms with E-state index in [4.69, 9.17) is 21.4 Å². The molecule has 0 bridgehead atoms. The first-order valence-corrected chi connectivity index (χ1v) is 12.1. The summed E-state index contributed by atoms with van der Waals surface area (Å²) in [4.78, 5) is 33.8. The Kier molecular flexibility index (Phi) is 8.94. The van der Waals surface area contributed by atoms with Crippen molar-refractivity contribution in [2.24, 2.45) is 5.41 Å². The standard InChI is InChI=1S/C26H32ClNO6/c1-3-26(4-2,24(30)31)25(32)34-33-22-12-9-17(10-13-22)18-8-11-21(15-18)28-16-23(29)19-6-5-7-20(27)14-19/h5-7,9-10,12-14,18,21,23,28-29H,3-4,8,11,15-16H2,1-2H3,(H,30,31)/t18?,21?,23-/m0/s1. The average Bonchev–Trinajstić information content (AvgIpc) is 3.31. The lowest BCUT2D eigenvalue weighted by Crippen LogP contribution is -2.40. The number of rotatable bonds is 11. The zero-order valence-electron chi connectivity index (χ0n) is 19.5. The molecule has 0 amide bonds. The molecule has 7 nitrogen and oxygen atoms in total. The summed E-state index contributed by atoms with van der Waals surface area (Å²) in [6.45, 7) is 3.73. The Bertz CT molecular complexity index is 976. The number of aliphatic hydroxyl groups is 1. The number of hydrogen-bond donors (Lipinski definition) is 3. The maximum atomic E-state index is 12.3. The minimum absolute atomic E-state index is 0.118. The van der Waals surface area contributed by atoms with Gasteiger partial charge < -0.3 is 15.5 Å². The van der Waals surface area contributed by atoms with E-state index in [0.717, 1.165) is 30.4 Å². The van der Waals surface area contributed by atoms with Gasteiger partial charge in [0, 0.05) is 17.6 Å². The van der Waals surface area contributed by atoms with E-state index < -0.39 is 23.5 Å². The molecule has 3 atom stereocenters. The highest BCUT2D eigenvalue weighted by molar-refractivity contribution is 6.30. The molecule has 1 saturated carbocycles. The molecule has 0 spiro atoms. The van der Waals surface area contributed by atoms with Crippen molar-refractivity contribution in [3.05, 3.63) is 64.7 Å². The SMILES string of the molecule is CCC(CC)(C(=O)O)C(=O)OOc1ccc(C2CCC(NC[C@H](O)c3cccc(Cl)c3)C2)cc1. The van der Waals surface area contributed by atoms with E-state index in [1.165, 1.54) is 0 Å². The molecule has 34 heavy (non-hydrogen) atoms. The van der Waals surface area contributed by atoms with Crippen LogP contribution in [0, 0.1) is 5.41 Å². The first-order valence-electron chi connectivity index (χ1n) is 11.7. The van der Waals surface area contributed by atoms with Crippen LogP contribution in [0.15, 0.2) is 48.5 Å². The summed E-state index contributed by atoms with van der Waals surface area (Å²) in [5, 5.41) is 23.9. The Labute approximate surface area is 205 Å². The molecule has 3 rings (SSSR count). The van der Waals surface area contributed by atoms with Gasteiger partial charge in [-0.25, -0.2) is 9.68 Å². The molecule has 0 saturated heterocycles. The third-order valence-electron chi connectivity index (χ3n) is 6.84. The van der Waals surface area contributed by atoms with Crippen molar-refractivity contribution in [2.75, 3.05) is 6.54 Å². The summed E-state index contributed by atoms with van der Waals surface area (Å²) in [7, 11) is 0. The molecular weight excluding hydrogens is 458 g/mol. The lowest BCUT2D eigenvalue weighted by atomic mass is 9.83. The van der Waals surface area contributed by atoms with Crippen molar-refractivity contribution < 1.29 is 29.6 Å². The Morgan fingerprint density at radius 3 is 2.47 bits per heavy atom. The van der Waals surface area contributed by atoms with Gasteiger partial charge >= 0.3 is 11.9 Å². The van der Waals surface area contributed by atoms with Crippen molar-refractivity contribution in [3.8, 4) is 5.75 Å². The van der Waals surface area contributed by atoms with Crippen LogP contribution in [0.2, 0.25) is 5.02 Å². The second-order valence-corrected chi connectivity index (χ2v) is 9.24. The molecule has 1 aliphatic carbocycles. The molecule has 2 unspecified atom stereocenters. The van der Waals surface area contributed by atoms with Crippen molar-refractivity contribution in [3.63, 3.8) is 0 Å². The molecule has 0 aliphatic heterocycles. The van der Waals surface area contributed by atoms with Crippen LogP contribution in [-0.2, 0) is 14.5 Å². The predicted octanol–water partition coefficient (Wildman–Crippen LogP) is 5.03. The lowest BCUT2D eigenvalue weighted by molar-refractivity contribution is -0.227. The fourth-order valence-corrected chi connectivity index (χ4v) is 4.67. The van der Waals surface area contributed by atoms with Gasteiger partial charge in [0.05, 0.1) is 6.10 Å². The van der Waals surface area contributed by atoms with E-state index in [0.29, 0.717) is 29.3 Å². The fourth-order valence-electron chi connectivity index (χ4n) is 4.47. The Hall–Kier alpha value is -2.61. The molecule has 1 aliphatic rings. The zero-order valence-corrected chi connectivity index (χ0v) is 20.3. The molecule has 8 heteroatoms. The molecule has 2 aromatic carbocycles. The zero-order chi connectivity index (χ0) is 24.7. The van der Waals surface area contributed by atoms with Crippen LogP contribution >= 0.6 is 11.6 Å². The van der Waals surface area contributed by atoms with Crippen molar-refractivity contribution in [2.45, 2.75) is 64.0 Å². The van der Waals surface area contributed by atoms with Crippen LogP contribution in [0.1, 0.15) is 69.1 Å². The number of aliphatic hydroxyl groups excluding tert-OH is 1. The number of carboxylic acids is 1. The van der Waals surface area contributed by atoms with Gasteiger partial charge in [0.25, 0.3) is 0 Å². The Morgan fingerprint density at radius 1 is 1.15 bits per heavy atom. The van der Waals surface area contributed by atoms with Gasteiger partial charge in [-0.1, -0.05) is 49.7 Å². The number of carbonyl (C=O) groups excluding carboxylic acids is 1. The highest BCUT2D eigenvalue weighted by atomic mass is 35.5. The molecule has 0 aromatic heterocycles. The Morgan fingerprint density at radius 2 is 1.85 bits per heavy atom.